The van der Waals surface area contributed by atoms with Gasteiger partial charge in [0.25, 0.3) is 0 Å². The van der Waals surface area contributed by atoms with E-state index in [2.05, 4.69) is 24.0 Å². The summed E-state index contributed by atoms with van der Waals surface area (Å²) in [4.78, 5) is 15.7. The zero-order valence-electron chi connectivity index (χ0n) is 11.5. The Hall–Kier alpha value is -1.39. The summed E-state index contributed by atoms with van der Waals surface area (Å²) in [5.41, 5.74) is 7.82. The zero-order chi connectivity index (χ0) is 13.5. The number of benzene rings is 1. The number of aryl methyl sites for hydroxylation is 1. The fourth-order valence-electron chi connectivity index (χ4n) is 1.77. The van der Waals surface area contributed by atoms with Gasteiger partial charge in [-0.05, 0) is 26.6 Å². The number of hydrogen-bond acceptors (Lipinski definition) is 3. The molecule has 0 heterocycles. The number of nitrogens with two attached hydrogens (primary N) is 1. The molecular weight excluding hydrogens is 226 g/mol. The molecule has 4 nitrogen and oxygen atoms in total. The van der Waals surface area contributed by atoms with Crippen molar-refractivity contribution in [3.8, 4) is 0 Å². The van der Waals surface area contributed by atoms with Gasteiger partial charge < -0.3 is 15.5 Å². The van der Waals surface area contributed by atoms with Gasteiger partial charge in [-0.2, -0.15) is 0 Å². The molecule has 0 aliphatic rings. The number of carbonyl (C=O) groups is 1. The van der Waals surface area contributed by atoms with Crippen LogP contribution >= 0.6 is 0 Å². The standard InChI is InChI=1S/C14H23N3O/c1-12-5-4-6-13(9-12)11-17(14(18)10-15)8-7-16(2)3/h4-6,9H,7-8,10-11,15H2,1-3H3. The minimum absolute atomic E-state index is 0.00152. The molecule has 1 aromatic rings. The number of hydrogen-bond donors (Lipinski definition) is 1. The smallest absolute Gasteiger partial charge is 0.236 e. The second-order valence-electron chi connectivity index (χ2n) is 4.81. The first-order chi connectivity index (χ1) is 8.52. The Morgan fingerprint density at radius 3 is 2.56 bits per heavy atom. The van der Waals surface area contributed by atoms with Gasteiger partial charge in [-0.25, -0.2) is 0 Å². The van der Waals surface area contributed by atoms with Crippen LogP contribution in [0.5, 0.6) is 0 Å². The summed E-state index contributed by atoms with van der Waals surface area (Å²) in [6.45, 7) is 4.30. The number of carbonyl (C=O) groups excluding carboxylic acids is 1. The van der Waals surface area contributed by atoms with Crippen LogP contribution in [0.4, 0.5) is 0 Å². The second kappa shape index (κ2) is 7.13. The minimum atomic E-state index is -0.00152. The summed E-state index contributed by atoms with van der Waals surface area (Å²) in [5.74, 6) is -0.00152. The molecule has 100 valence electrons. The maximum absolute atomic E-state index is 11.8. The Bertz CT molecular complexity index is 390. The fraction of sp³-hybridized carbons (Fsp3) is 0.500. The molecule has 1 aromatic carbocycles. The molecule has 0 aromatic heterocycles. The molecule has 0 atom stereocenters. The van der Waals surface area contributed by atoms with Gasteiger partial charge in [0.1, 0.15) is 0 Å². The third-order valence-electron chi connectivity index (χ3n) is 2.80. The molecule has 18 heavy (non-hydrogen) atoms. The van der Waals surface area contributed by atoms with Gasteiger partial charge >= 0.3 is 0 Å². The van der Waals surface area contributed by atoms with Gasteiger partial charge in [-0.1, -0.05) is 29.8 Å². The molecule has 0 saturated carbocycles. The van der Waals surface area contributed by atoms with Crippen LogP contribution in [0.15, 0.2) is 24.3 Å². The molecule has 0 fully saturated rings. The van der Waals surface area contributed by atoms with Crippen LogP contribution in [0, 0.1) is 6.92 Å². The predicted octanol–water partition coefficient (Wildman–Crippen LogP) is 0.844. The third kappa shape index (κ3) is 4.85. The maximum atomic E-state index is 11.8. The van der Waals surface area contributed by atoms with E-state index in [0.717, 1.165) is 12.1 Å². The first-order valence-electron chi connectivity index (χ1n) is 6.21. The molecule has 0 radical (unpaired) electrons. The van der Waals surface area contributed by atoms with E-state index >= 15 is 0 Å². The Balaban J connectivity index is 2.68. The summed E-state index contributed by atoms with van der Waals surface area (Å²) in [6, 6.07) is 8.21. The van der Waals surface area contributed by atoms with E-state index in [1.807, 2.05) is 31.1 Å². The lowest BCUT2D eigenvalue weighted by atomic mass is 10.1. The van der Waals surface area contributed by atoms with Crippen molar-refractivity contribution in [1.29, 1.82) is 0 Å². The number of nitrogens with zero attached hydrogens (tertiary/aromatic N) is 2. The Kier molecular flexibility index (Phi) is 5.82. The van der Waals surface area contributed by atoms with Crippen molar-refractivity contribution >= 4 is 5.91 Å². The van der Waals surface area contributed by atoms with Crippen LogP contribution in [0.1, 0.15) is 11.1 Å². The van der Waals surface area contributed by atoms with E-state index < -0.39 is 0 Å². The highest BCUT2D eigenvalue weighted by Crippen LogP contribution is 2.07. The van der Waals surface area contributed by atoms with Crippen LogP contribution in [0.3, 0.4) is 0 Å². The summed E-state index contributed by atoms with van der Waals surface area (Å²) < 4.78 is 0. The van der Waals surface area contributed by atoms with Crippen molar-refractivity contribution in [1.82, 2.24) is 9.80 Å². The van der Waals surface area contributed by atoms with E-state index in [0.29, 0.717) is 13.1 Å². The van der Waals surface area contributed by atoms with Crippen molar-refractivity contribution < 1.29 is 4.79 Å². The molecule has 0 aliphatic heterocycles. The van der Waals surface area contributed by atoms with Gasteiger partial charge in [0.2, 0.25) is 5.91 Å². The summed E-state index contributed by atoms with van der Waals surface area (Å²) in [5, 5.41) is 0. The highest BCUT2D eigenvalue weighted by atomic mass is 16.2. The SMILES string of the molecule is Cc1cccc(CN(CCN(C)C)C(=O)CN)c1. The average Bonchev–Trinajstić information content (AvgIpc) is 2.33. The van der Waals surface area contributed by atoms with Crippen molar-refractivity contribution in [2.75, 3.05) is 33.7 Å². The van der Waals surface area contributed by atoms with E-state index in [-0.39, 0.29) is 12.5 Å². The van der Waals surface area contributed by atoms with E-state index in [9.17, 15) is 4.79 Å². The average molecular weight is 249 g/mol. The molecule has 0 saturated heterocycles. The molecule has 2 N–H and O–H groups in total. The Morgan fingerprint density at radius 2 is 2.00 bits per heavy atom. The van der Waals surface area contributed by atoms with Gasteiger partial charge in [0.05, 0.1) is 6.54 Å². The van der Waals surface area contributed by atoms with Gasteiger partial charge in [-0.3, -0.25) is 4.79 Å². The molecule has 0 spiro atoms. The van der Waals surface area contributed by atoms with Gasteiger partial charge in [-0.15, -0.1) is 0 Å². The maximum Gasteiger partial charge on any atom is 0.236 e. The lowest BCUT2D eigenvalue weighted by molar-refractivity contribution is -0.130. The first kappa shape index (κ1) is 14.7. The topological polar surface area (TPSA) is 49.6 Å². The van der Waals surface area contributed by atoms with Crippen LogP contribution < -0.4 is 5.73 Å². The molecule has 0 bridgehead atoms. The lowest BCUT2D eigenvalue weighted by Crippen LogP contribution is -2.39. The largest absolute Gasteiger partial charge is 0.336 e. The summed E-state index contributed by atoms with van der Waals surface area (Å²) >= 11 is 0. The quantitative estimate of drug-likeness (QED) is 0.813. The van der Waals surface area contributed by atoms with Crippen molar-refractivity contribution in [3.05, 3.63) is 35.4 Å². The zero-order valence-corrected chi connectivity index (χ0v) is 11.5. The summed E-state index contributed by atoms with van der Waals surface area (Å²) in [6.07, 6.45) is 0. The lowest BCUT2D eigenvalue weighted by Gasteiger charge is -2.24. The third-order valence-corrected chi connectivity index (χ3v) is 2.80. The fourth-order valence-corrected chi connectivity index (χ4v) is 1.77. The number of likely N-dealkylation sites (N-methyl/N-ethyl adjacent to an activating group) is 1. The predicted molar refractivity (Wildman–Crippen MR) is 74.2 cm³/mol. The monoisotopic (exact) mass is 249 g/mol. The highest BCUT2D eigenvalue weighted by molar-refractivity contribution is 5.78. The molecule has 0 unspecified atom stereocenters. The Morgan fingerprint density at radius 1 is 1.28 bits per heavy atom. The Labute approximate surface area is 109 Å². The van der Waals surface area contributed by atoms with Crippen LogP contribution in [-0.2, 0) is 11.3 Å². The normalized spacial score (nSPS) is 10.7. The molecule has 1 rings (SSSR count). The molecular formula is C14H23N3O. The van der Waals surface area contributed by atoms with Crippen LogP contribution in [-0.4, -0.2) is 49.4 Å². The van der Waals surface area contributed by atoms with Crippen molar-refractivity contribution in [2.24, 2.45) is 5.73 Å². The first-order valence-corrected chi connectivity index (χ1v) is 6.21. The van der Waals surface area contributed by atoms with Gasteiger partial charge in [0, 0.05) is 19.6 Å². The van der Waals surface area contributed by atoms with Crippen LogP contribution in [0.25, 0.3) is 0 Å². The summed E-state index contributed by atoms with van der Waals surface area (Å²) in [7, 11) is 4.00. The molecule has 0 aliphatic carbocycles. The number of amides is 1. The van der Waals surface area contributed by atoms with E-state index in [1.54, 1.807) is 0 Å². The van der Waals surface area contributed by atoms with E-state index in [1.165, 1.54) is 5.56 Å². The van der Waals surface area contributed by atoms with Crippen LogP contribution in [0.2, 0.25) is 0 Å². The molecule has 1 amide bonds. The van der Waals surface area contributed by atoms with Crippen molar-refractivity contribution in [3.63, 3.8) is 0 Å². The molecule has 4 heteroatoms. The van der Waals surface area contributed by atoms with Crippen molar-refractivity contribution in [2.45, 2.75) is 13.5 Å². The van der Waals surface area contributed by atoms with Gasteiger partial charge in [0.15, 0.2) is 0 Å². The highest BCUT2D eigenvalue weighted by Gasteiger charge is 2.12. The second-order valence-corrected chi connectivity index (χ2v) is 4.81. The van der Waals surface area contributed by atoms with E-state index in [4.69, 9.17) is 5.73 Å². The minimum Gasteiger partial charge on any atom is -0.336 e. The number of rotatable bonds is 6.